The standard InChI is InChI=1S/C10H13N3O6/c14-4-6-7(15)8(16)10(19-6)12-9-5(13(17)18)2-1-3-11-9/h1-3,6-8,10,14-16H,4H2,(H,11,12)/t6-,7-,8-,10-/m1/s1. The molecule has 9 heteroatoms. The summed E-state index contributed by atoms with van der Waals surface area (Å²) < 4.78 is 5.15. The Morgan fingerprint density at radius 1 is 1.47 bits per heavy atom. The molecular weight excluding hydrogens is 258 g/mol. The van der Waals surface area contributed by atoms with Gasteiger partial charge in [-0.25, -0.2) is 4.98 Å². The zero-order valence-corrected chi connectivity index (χ0v) is 9.71. The molecular formula is C10H13N3O6. The summed E-state index contributed by atoms with van der Waals surface area (Å²) in [6, 6.07) is 2.65. The Morgan fingerprint density at radius 2 is 2.21 bits per heavy atom. The van der Waals surface area contributed by atoms with Crippen LogP contribution in [0.25, 0.3) is 0 Å². The van der Waals surface area contributed by atoms with Crippen molar-refractivity contribution in [1.82, 2.24) is 4.98 Å². The molecule has 0 spiro atoms. The van der Waals surface area contributed by atoms with E-state index in [2.05, 4.69) is 10.3 Å². The van der Waals surface area contributed by atoms with Gasteiger partial charge in [0, 0.05) is 12.3 Å². The number of pyridine rings is 1. The molecule has 104 valence electrons. The molecule has 2 heterocycles. The first-order valence-electron chi connectivity index (χ1n) is 5.53. The number of nitrogens with zero attached hydrogens (tertiary/aromatic N) is 2. The number of aromatic nitrogens is 1. The van der Waals surface area contributed by atoms with Crippen molar-refractivity contribution in [2.45, 2.75) is 24.5 Å². The summed E-state index contributed by atoms with van der Waals surface area (Å²) in [5.41, 5.74) is -0.278. The third kappa shape index (κ3) is 2.63. The molecule has 0 radical (unpaired) electrons. The Kier molecular flexibility index (Phi) is 3.90. The molecule has 0 saturated carbocycles. The van der Waals surface area contributed by atoms with E-state index in [4.69, 9.17) is 9.84 Å². The largest absolute Gasteiger partial charge is 0.394 e. The molecule has 0 aromatic carbocycles. The second-order valence-corrected chi connectivity index (χ2v) is 4.03. The number of rotatable bonds is 4. The molecule has 1 fully saturated rings. The Labute approximate surface area is 107 Å². The van der Waals surface area contributed by atoms with Gasteiger partial charge in [-0.2, -0.15) is 0 Å². The van der Waals surface area contributed by atoms with Gasteiger partial charge < -0.3 is 25.4 Å². The lowest BCUT2D eigenvalue weighted by Crippen LogP contribution is -2.36. The first-order chi connectivity index (χ1) is 9.04. The maximum absolute atomic E-state index is 10.8. The number of aliphatic hydroxyl groups is 3. The molecule has 4 atom stereocenters. The minimum absolute atomic E-state index is 0.0812. The highest BCUT2D eigenvalue weighted by Crippen LogP contribution is 2.26. The monoisotopic (exact) mass is 271 g/mol. The smallest absolute Gasteiger partial charge is 0.311 e. The molecule has 0 bridgehead atoms. The fourth-order valence-corrected chi connectivity index (χ4v) is 1.81. The van der Waals surface area contributed by atoms with Crippen molar-refractivity contribution in [2.24, 2.45) is 0 Å². The molecule has 0 amide bonds. The van der Waals surface area contributed by atoms with Crippen LogP contribution in [0, 0.1) is 10.1 Å². The maximum atomic E-state index is 10.8. The van der Waals surface area contributed by atoms with E-state index in [1.807, 2.05) is 0 Å². The van der Waals surface area contributed by atoms with Crippen molar-refractivity contribution in [3.05, 3.63) is 28.4 Å². The molecule has 1 aliphatic rings. The number of hydrogen-bond donors (Lipinski definition) is 4. The molecule has 19 heavy (non-hydrogen) atoms. The number of aliphatic hydroxyl groups excluding tert-OH is 3. The van der Waals surface area contributed by atoms with Gasteiger partial charge in [-0.1, -0.05) is 0 Å². The summed E-state index contributed by atoms with van der Waals surface area (Å²) >= 11 is 0. The van der Waals surface area contributed by atoms with Crippen LogP contribution in [0.1, 0.15) is 0 Å². The van der Waals surface area contributed by atoms with Gasteiger partial charge in [-0.15, -0.1) is 0 Å². The van der Waals surface area contributed by atoms with Crippen LogP contribution in [0.15, 0.2) is 18.3 Å². The normalized spacial score (nSPS) is 30.3. The van der Waals surface area contributed by atoms with E-state index in [-0.39, 0.29) is 11.5 Å². The van der Waals surface area contributed by atoms with E-state index < -0.39 is 36.1 Å². The summed E-state index contributed by atoms with van der Waals surface area (Å²) in [5.74, 6) is -0.0812. The quantitative estimate of drug-likeness (QED) is 0.397. The third-order valence-electron chi connectivity index (χ3n) is 2.80. The van der Waals surface area contributed by atoms with Crippen LogP contribution < -0.4 is 5.32 Å². The minimum Gasteiger partial charge on any atom is -0.394 e. The van der Waals surface area contributed by atoms with Crippen LogP contribution in [0.5, 0.6) is 0 Å². The Bertz CT molecular complexity index is 470. The van der Waals surface area contributed by atoms with E-state index in [1.165, 1.54) is 18.3 Å². The average Bonchev–Trinajstić information content (AvgIpc) is 2.67. The van der Waals surface area contributed by atoms with E-state index in [0.29, 0.717) is 0 Å². The van der Waals surface area contributed by atoms with Gasteiger partial charge in [0.15, 0.2) is 6.23 Å². The average molecular weight is 271 g/mol. The van der Waals surface area contributed by atoms with Crippen molar-refractivity contribution in [3.63, 3.8) is 0 Å². The van der Waals surface area contributed by atoms with Crippen LogP contribution in [-0.4, -0.2) is 56.4 Å². The number of nitro groups is 1. The van der Waals surface area contributed by atoms with Crippen LogP contribution in [-0.2, 0) is 4.74 Å². The fourth-order valence-electron chi connectivity index (χ4n) is 1.81. The number of hydrogen-bond acceptors (Lipinski definition) is 8. The molecule has 2 rings (SSSR count). The Balaban J connectivity index is 2.16. The first kappa shape index (κ1) is 13.6. The van der Waals surface area contributed by atoms with Gasteiger partial charge in [0.1, 0.15) is 18.3 Å². The van der Waals surface area contributed by atoms with Crippen molar-refractivity contribution in [3.8, 4) is 0 Å². The zero-order valence-electron chi connectivity index (χ0n) is 9.71. The lowest BCUT2D eigenvalue weighted by Gasteiger charge is -2.16. The highest BCUT2D eigenvalue weighted by Gasteiger charge is 2.43. The summed E-state index contributed by atoms with van der Waals surface area (Å²) in [4.78, 5) is 14.0. The molecule has 1 aromatic rings. The second kappa shape index (κ2) is 5.45. The van der Waals surface area contributed by atoms with E-state index >= 15 is 0 Å². The highest BCUT2D eigenvalue weighted by atomic mass is 16.6. The van der Waals surface area contributed by atoms with Gasteiger partial charge in [-0.05, 0) is 6.07 Å². The lowest BCUT2D eigenvalue weighted by molar-refractivity contribution is -0.384. The lowest BCUT2D eigenvalue weighted by atomic mass is 10.1. The van der Waals surface area contributed by atoms with Crippen LogP contribution in [0.4, 0.5) is 11.5 Å². The van der Waals surface area contributed by atoms with Gasteiger partial charge in [0.2, 0.25) is 5.82 Å². The maximum Gasteiger partial charge on any atom is 0.311 e. The second-order valence-electron chi connectivity index (χ2n) is 4.03. The van der Waals surface area contributed by atoms with Crippen molar-refractivity contribution in [1.29, 1.82) is 0 Å². The van der Waals surface area contributed by atoms with Gasteiger partial charge in [0.05, 0.1) is 11.5 Å². The molecule has 0 unspecified atom stereocenters. The van der Waals surface area contributed by atoms with Gasteiger partial charge in [0.25, 0.3) is 0 Å². The van der Waals surface area contributed by atoms with Gasteiger partial charge in [-0.3, -0.25) is 10.1 Å². The summed E-state index contributed by atoms with van der Waals surface area (Å²) in [7, 11) is 0. The molecule has 1 aromatic heterocycles. The van der Waals surface area contributed by atoms with Crippen LogP contribution >= 0.6 is 0 Å². The predicted octanol–water partition coefficient (Wildman–Crippen LogP) is -1.16. The summed E-state index contributed by atoms with van der Waals surface area (Å²) in [6.07, 6.45) is -3.28. The van der Waals surface area contributed by atoms with Crippen molar-refractivity contribution < 1.29 is 25.0 Å². The Morgan fingerprint density at radius 3 is 2.79 bits per heavy atom. The van der Waals surface area contributed by atoms with Crippen LogP contribution in [0.3, 0.4) is 0 Å². The number of nitrogens with one attached hydrogen (secondary N) is 1. The molecule has 0 aliphatic carbocycles. The number of ether oxygens (including phenoxy) is 1. The molecule has 1 saturated heterocycles. The SMILES string of the molecule is O=[N+]([O-])c1cccnc1N[C@@H]1O[C@H](CO)[C@@H](O)[C@H]1O. The van der Waals surface area contributed by atoms with Gasteiger partial charge >= 0.3 is 5.69 Å². The summed E-state index contributed by atoms with van der Waals surface area (Å²) in [6.45, 7) is -0.472. The molecule has 4 N–H and O–H groups in total. The predicted molar refractivity (Wildman–Crippen MR) is 62.3 cm³/mol. The summed E-state index contributed by atoms with van der Waals surface area (Å²) in [5, 5.41) is 41.5. The topological polar surface area (TPSA) is 138 Å². The van der Waals surface area contributed by atoms with Crippen molar-refractivity contribution >= 4 is 11.5 Å². The Hall–Kier alpha value is -1.81. The number of anilines is 1. The third-order valence-corrected chi connectivity index (χ3v) is 2.80. The molecule has 1 aliphatic heterocycles. The minimum atomic E-state index is -1.32. The van der Waals surface area contributed by atoms with Crippen molar-refractivity contribution in [2.75, 3.05) is 11.9 Å². The zero-order chi connectivity index (χ0) is 14.0. The highest BCUT2D eigenvalue weighted by molar-refractivity contribution is 5.55. The van der Waals surface area contributed by atoms with E-state index in [1.54, 1.807) is 0 Å². The fraction of sp³-hybridized carbons (Fsp3) is 0.500. The van der Waals surface area contributed by atoms with E-state index in [9.17, 15) is 20.3 Å². The van der Waals surface area contributed by atoms with E-state index in [0.717, 1.165) is 0 Å². The van der Waals surface area contributed by atoms with Crippen LogP contribution in [0.2, 0.25) is 0 Å². The molecule has 9 nitrogen and oxygen atoms in total. The first-order valence-corrected chi connectivity index (χ1v) is 5.53.